The largest absolute Gasteiger partial charge is 0.369 e. The average molecular weight is 784 g/mol. The van der Waals surface area contributed by atoms with Crippen LogP contribution in [0.5, 0.6) is 0 Å². The summed E-state index contributed by atoms with van der Waals surface area (Å²) in [5.74, 6) is -0.996. The number of benzene rings is 2. The van der Waals surface area contributed by atoms with Crippen LogP contribution in [0.15, 0.2) is 24.3 Å². The van der Waals surface area contributed by atoms with Gasteiger partial charge in [-0.15, -0.1) is 0 Å². The van der Waals surface area contributed by atoms with E-state index in [4.69, 9.17) is 10.2 Å². The first kappa shape index (κ1) is 35.7. The third-order valence-corrected chi connectivity index (χ3v) is 13.2. The van der Waals surface area contributed by atoms with E-state index in [1.807, 2.05) is 4.90 Å². The standard InChI is InChI=1S/C39H43F2N11O5/c40-26-15-24-28(17-30(26)47-9-3-38(4-10-47)19-23(53)20-38)51(45-34(24)49-7-1-32(54)43-36(49)56)13-14-52-29-18-31(48-11-5-39(6-12-48)21-42-22-39)27(41)16-25(29)35(46-52)50-8-2-33(55)44-37(50)57/h15-18,42H,1-14,19-22H2,(H,43,54,56)(H,44,55,57). The smallest absolute Gasteiger partial charge is 0.329 e. The molecule has 5 aliphatic heterocycles. The summed E-state index contributed by atoms with van der Waals surface area (Å²) in [6, 6.07) is 5.04. The molecule has 3 N–H and O–H groups in total. The summed E-state index contributed by atoms with van der Waals surface area (Å²) in [4.78, 5) is 68.8. The first-order valence-electron chi connectivity index (χ1n) is 19.8. The fourth-order valence-electron chi connectivity index (χ4n) is 9.69. The molecule has 1 aliphatic carbocycles. The predicted octanol–water partition coefficient (Wildman–Crippen LogP) is 3.40. The van der Waals surface area contributed by atoms with E-state index in [9.17, 15) is 24.0 Å². The van der Waals surface area contributed by atoms with Crippen LogP contribution in [0, 0.1) is 22.5 Å². The van der Waals surface area contributed by atoms with Gasteiger partial charge >= 0.3 is 12.1 Å². The Morgan fingerprint density at radius 1 is 0.596 bits per heavy atom. The van der Waals surface area contributed by atoms with Gasteiger partial charge < -0.3 is 15.1 Å². The fraction of sp³-hybridized carbons (Fsp3) is 0.513. The molecule has 16 nitrogen and oxygen atoms in total. The van der Waals surface area contributed by atoms with E-state index >= 15 is 8.78 Å². The lowest BCUT2D eigenvalue weighted by Crippen LogP contribution is -2.58. The minimum atomic E-state index is -0.647. The monoisotopic (exact) mass is 783 g/mol. The van der Waals surface area contributed by atoms with E-state index in [-0.39, 0.29) is 67.3 Å². The van der Waals surface area contributed by atoms with Crippen LogP contribution in [0.2, 0.25) is 0 Å². The van der Waals surface area contributed by atoms with Crippen molar-refractivity contribution in [3.8, 4) is 0 Å². The highest BCUT2D eigenvalue weighted by molar-refractivity contribution is 6.10. The molecule has 6 aliphatic rings. The summed E-state index contributed by atoms with van der Waals surface area (Å²) < 4.78 is 35.6. The lowest BCUT2D eigenvalue weighted by atomic mass is 9.62. The first-order valence-corrected chi connectivity index (χ1v) is 19.8. The number of fused-ring (bicyclic) bond motifs is 2. The van der Waals surface area contributed by atoms with E-state index in [0.717, 1.165) is 38.8 Å². The Labute approximate surface area is 325 Å². The van der Waals surface area contributed by atoms with Crippen molar-refractivity contribution in [1.29, 1.82) is 0 Å². The quantitative estimate of drug-likeness (QED) is 0.253. The zero-order chi connectivity index (χ0) is 39.2. The molecule has 2 aromatic carbocycles. The normalized spacial score (nSPS) is 22.1. The van der Waals surface area contributed by atoms with E-state index in [1.54, 1.807) is 21.5 Å². The van der Waals surface area contributed by atoms with E-state index in [1.165, 1.54) is 21.9 Å². The number of piperidine rings is 2. The number of nitrogens with zero attached hydrogens (tertiary/aromatic N) is 8. The number of amides is 6. The molecular formula is C39H43F2N11O5. The molecule has 57 heavy (non-hydrogen) atoms. The number of carbonyl (C=O) groups is 5. The maximum absolute atomic E-state index is 16.1. The van der Waals surface area contributed by atoms with Crippen LogP contribution in [0.4, 0.5) is 41.4 Å². The first-order chi connectivity index (χ1) is 27.5. The summed E-state index contributed by atoms with van der Waals surface area (Å²) in [5.41, 5.74) is 2.26. The fourth-order valence-corrected chi connectivity index (χ4v) is 9.69. The van der Waals surface area contributed by atoms with Gasteiger partial charge in [0.25, 0.3) is 0 Å². The van der Waals surface area contributed by atoms with Crippen molar-refractivity contribution in [2.75, 3.05) is 72.0 Å². The molecule has 18 heteroatoms. The van der Waals surface area contributed by atoms with Gasteiger partial charge in [0, 0.05) is 88.8 Å². The number of Topliss-reactive ketones (excluding diaryl/α,β-unsaturated/α-hetero) is 1. The van der Waals surface area contributed by atoms with E-state index in [2.05, 4.69) is 20.9 Å². The van der Waals surface area contributed by atoms with E-state index < -0.39 is 35.5 Å². The van der Waals surface area contributed by atoms with Gasteiger partial charge in [-0.2, -0.15) is 10.2 Å². The molecule has 298 valence electrons. The lowest BCUT2D eigenvalue weighted by Gasteiger charge is -2.49. The third kappa shape index (κ3) is 6.06. The molecule has 0 unspecified atom stereocenters. The summed E-state index contributed by atoms with van der Waals surface area (Å²) in [6.45, 7) is 5.07. The molecule has 1 saturated carbocycles. The molecule has 5 saturated heterocycles. The number of ketones is 1. The third-order valence-electron chi connectivity index (χ3n) is 13.2. The number of urea groups is 2. The van der Waals surface area contributed by atoms with Crippen LogP contribution in [-0.2, 0) is 27.5 Å². The van der Waals surface area contributed by atoms with Crippen molar-refractivity contribution in [2.24, 2.45) is 10.8 Å². The van der Waals surface area contributed by atoms with Crippen LogP contribution in [-0.4, -0.2) is 102 Å². The summed E-state index contributed by atoms with van der Waals surface area (Å²) in [7, 11) is 0. The highest BCUT2D eigenvalue weighted by Gasteiger charge is 2.45. The van der Waals surface area contributed by atoms with Crippen LogP contribution in [0.1, 0.15) is 51.4 Å². The molecule has 0 radical (unpaired) electrons. The number of hydrogen-bond acceptors (Lipinski definition) is 10. The van der Waals surface area contributed by atoms with Gasteiger partial charge in [0.05, 0.1) is 35.5 Å². The Morgan fingerprint density at radius 3 is 1.42 bits per heavy atom. The van der Waals surface area contributed by atoms with Crippen LogP contribution in [0.25, 0.3) is 21.8 Å². The number of nitrogens with one attached hydrogen (secondary N) is 3. The van der Waals surface area contributed by atoms with Crippen LogP contribution >= 0.6 is 0 Å². The molecular weight excluding hydrogens is 740 g/mol. The van der Waals surface area contributed by atoms with Crippen molar-refractivity contribution < 1.29 is 32.8 Å². The molecule has 4 aromatic rings. The number of anilines is 4. The summed E-state index contributed by atoms with van der Waals surface area (Å²) in [5, 5.41) is 18.5. The number of hydrogen-bond donors (Lipinski definition) is 3. The molecule has 6 fully saturated rings. The topological polar surface area (TPSA) is 170 Å². The summed E-state index contributed by atoms with van der Waals surface area (Å²) in [6.07, 6.45) is 4.76. The molecule has 2 aromatic heterocycles. The molecule has 0 atom stereocenters. The second-order valence-corrected chi connectivity index (χ2v) is 16.7. The van der Waals surface area contributed by atoms with Gasteiger partial charge in [0.2, 0.25) is 11.8 Å². The van der Waals surface area contributed by atoms with Gasteiger partial charge in [-0.1, -0.05) is 0 Å². The number of imide groups is 2. The minimum Gasteiger partial charge on any atom is -0.369 e. The number of halogens is 2. The minimum absolute atomic E-state index is 0.00493. The van der Waals surface area contributed by atoms with Gasteiger partial charge in [0.1, 0.15) is 17.4 Å². The molecule has 7 heterocycles. The predicted molar refractivity (Wildman–Crippen MR) is 205 cm³/mol. The van der Waals surface area contributed by atoms with Crippen molar-refractivity contribution >= 4 is 74.5 Å². The Balaban J connectivity index is 1.02. The highest BCUT2D eigenvalue weighted by Crippen LogP contribution is 2.48. The Bertz CT molecular complexity index is 2380. The molecule has 6 amide bonds. The van der Waals surface area contributed by atoms with Crippen molar-refractivity contribution in [3.63, 3.8) is 0 Å². The second kappa shape index (κ2) is 13.2. The zero-order valence-electron chi connectivity index (χ0n) is 31.4. The van der Waals surface area contributed by atoms with E-state index in [0.29, 0.717) is 72.2 Å². The number of aromatic nitrogens is 4. The van der Waals surface area contributed by atoms with Crippen molar-refractivity contribution in [3.05, 3.63) is 35.9 Å². The Morgan fingerprint density at radius 2 is 1.04 bits per heavy atom. The van der Waals surface area contributed by atoms with Crippen LogP contribution < -0.4 is 35.6 Å². The molecule has 2 spiro atoms. The Hall–Kier alpha value is -5.65. The van der Waals surface area contributed by atoms with Crippen molar-refractivity contribution in [1.82, 2.24) is 35.5 Å². The van der Waals surface area contributed by atoms with Gasteiger partial charge in [-0.3, -0.25) is 44.2 Å². The van der Waals surface area contributed by atoms with Crippen LogP contribution in [0.3, 0.4) is 0 Å². The van der Waals surface area contributed by atoms with Crippen molar-refractivity contribution in [2.45, 2.75) is 64.5 Å². The lowest BCUT2D eigenvalue weighted by molar-refractivity contribution is -0.134. The molecule has 0 bridgehead atoms. The Kier molecular flexibility index (Phi) is 8.28. The average Bonchev–Trinajstić information content (AvgIpc) is 3.69. The second-order valence-electron chi connectivity index (χ2n) is 16.7. The van der Waals surface area contributed by atoms with Gasteiger partial charge in [0.15, 0.2) is 11.6 Å². The van der Waals surface area contributed by atoms with Gasteiger partial charge in [-0.05, 0) is 60.8 Å². The number of aryl methyl sites for hydroxylation is 2. The maximum Gasteiger partial charge on any atom is 0.329 e. The van der Waals surface area contributed by atoms with Gasteiger partial charge in [-0.25, -0.2) is 18.4 Å². The SMILES string of the molecule is O=C1CC2(CCN(c3cc4c(cc3F)c(N3CCC(=O)NC3=O)nn4CCn3nc(N4CCC(=O)NC4=O)c4cc(F)c(N5CCC6(CC5)CNC6)cc43)CC2)C1. The number of rotatable bonds is 7. The number of carbonyl (C=O) groups excluding carboxylic acids is 5. The zero-order valence-corrected chi connectivity index (χ0v) is 31.4. The molecule has 10 rings (SSSR count). The summed E-state index contributed by atoms with van der Waals surface area (Å²) >= 11 is 0. The maximum atomic E-state index is 16.1. The highest BCUT2D eigenvalue weighted by atomic mass is 19.1.